The number of urea groups is 1. The van der Waals surface area contributed by atoms with E-state index >= 15 is 0 Å². The third-order valence-electron chi connectivity index (χ3n) is 7.03. The number of likely N-dealkylation sites (N-methyl/N-ethyl adjacent to an activating group) is 1. The summed E-state index contributed by atoms with van der Waals surface area (Å²) in [6.07, 6.45) is 2.58. The Balaban J connectivity index is 1.58. The Morgan fingerprint density at radius 2 is 1.64 bits per heavy atom. The predicted octanol–water partition coefficient (Wildman–Crippen LogP) is 3.25. The molecule has 192 valence electrons. The molecule has 2 aromatic rings. The summed E-state index contributed by atoms with van der Waals surface area (Å²) in [5.74, 6) is -0.107. The number of hydrogen-bond acceptors (Lipinski definition) is 4. The molecule has 0 unspecified atom stereocenters. The van der Waals surface area contributed by atoms with Crippen molar-refractivity contribution in [1.82, 2.24) is 25.1 Å². The van der Waals surface area contributed by atoms with E-state index in [1.165, 1.54) is 0 Å². The molecule has 8 nitrogen and oxygen atoms in total. The Morgan fingerprint density at radius 3 is 2.28 bits per heavy atom. The van der Waals surface area contributed by atoms with Gasteiger partial charge >= 0.3 is 6.03 Å². The summed E-state index contributed by atoms with van der Waals surface area (Å²) in [6, 6.07) is 19.0. The van der Waals surface area contributed by atoms with Crippen LogP contribution in [0.25, 0.3) is 0 Å². The normalized spacial score (nSPS) is 20.4. The molecule has 2 aliphatic heterocycles. The fourth-order valence-corrected chi connectivity index (χ4v) is 5.10. The first-order valence-corrected chi connectivity index (χ1v) is 13.0. The summed E-state index contributed by atoms with van der Waals surface area (Å²) in [4.78, 5) is 44.0. The summed E-state index contributed by atoms with van der Waals surface area (Å²) in [5, 5.41) is 6.50. The molecule has 2 saturated heterocycles. The molecule has 8 heteroatoms. The van der Waals surface area contributed by atoms with Gasteiger partial charge in [0.2, 0.25) is 11.8 Å². The van der Waals surface area contributed by atoms with Crippen molar-refractivity contribution in [3.63, 3.8) is 0 Å². The van der Waals surface area contributed by atoms with E-state index in [-0.39, 0.29) is 24.4 Å². The van der Waals surface area contributed by atoms with Crippen LogP contribution in [0.2, 0.25) is 0 Å². The molecule has 0 radical (unpaired) electrons. The van der Waals surface area contributed by atoms with Gasteiger partial charge < -0.3 is 15.1 Å². The highest BCUT2D eigenvalue weighted by atomic mass is 16.2. The molecule has 0 aliphatic carbocycles. The minimum atomic E-state index is -0.546. The number of rotatable bonds is 9. The minimum Gasteiger partial charge on any atom is -0.337 e. The number of unbranched alkanes of at least 4 members (excludes halogenated alkanes) is 1. The van der Waals surface area contributed by atoms with Crippen LogP contribution in [-0.2, 0) is 22.6 Å². The second-order valence-corrected chi connectivity index (χ2v) is 9.43. The fraction of sp³-hybridized carbons (Fsp3) is 0.464. The summed E-state index contributed by atoms with van der Waals surface area (Å²) < 4.78 is 0. The van der Waals surface area contributed by atoms with Crippen molar-refractivity contribution in [1.29, 1.82) is 0 Å². The SMILES string of the molecule is CCCC[C@H]1C(=O)N(CCc2ccccc2)C[C@H]2N1C(=O)CN(CC)N2C(=O)NCc1ccccc1. The summed E-state index contributed by atoms with van der Waals surface area (Å²) in [5.41, 5.74) is 2.16. The maximum Gasteiger partial charge on any atom is 0.334 e. The average Bonchev–Trinajstić information content (AvgIpc) is 2.91. The van der Waals surface area contributed by atoms with E-state index in [4.69, 9.17) is 0 Å². The second kappa shape index (κ2) is 12.0. The number of nitrogens with zero attached hydrogens (tertiary/aromatic N) is 4. The van der Waals surface area contributed by atoms with Crippen LogP contribution in [0.5, 0.6) is 0 Å². The van der Waals surface area contributed by atoms with Gasteiger partial charge in [-0.1, -0.05) is 87.4 Å². The van der Waals surface area contributed by atoms with Crippen molar-refractivity contribution in [3.05, 3.63) is 71.8 Å². The molecule has 4 rings (SSSR count). The van der Waals surface area contributed by atoms with Gasteiger partial charge in [0, 0.05) is 19.6 Å². The quantitative estimate of drug-likeness (QED) is 0.584. The highest BCUT2D eigenvalue weighted by Crippen LogP contribution is 2.29. The molecular weight excluding hydrogens is 454 g/mol. The Bertz CT molecular complexity index is 1030. The van der Waals surface area contributed by atoms with Gasteiger partial charge in [0.05, 0.1) is 13.1 Å². The van der Waals surface area contributed by atoms with Crippen LogP contribution in [0, 0.1) is 0 Å². The maximum absolute atomic E-state index is 13.6. The van der Waals surface area contributed by atoms with Gasteiger partial charge in [-0.2, -0.15) is 0 Å². The molecule has 1 N–H and O–H groups in total. The highest BCUT2D eigenvalue weighted by Gasteiger charge is 2.50. The Labute approximate surface area is 213 Å². The molecule has 2 heterocycles. The lowest BCUT2D eigenvalue weighted by Crippen LogP contribution is -2.76. The molecule has 0 spiro atoms. The third-order valence-corrected chi connectivity index (χ3v) is 7.03. The van der Waals surface area contributed by atoms with Gasteiger partial charge in [0.25, 0.3) is 0 Å². The molecule has 2 fully saturated rings. The maximum atomic E-state index is 13.6. The molecule has 0 aromatic heterocycles. The number of hydrazine groups is 1. The van der Waals surface area contributed by atoms with Gasteiger partial charge in [0.1, 0.15) is 12.2 Å². The van der Waals surface area contributed by atoms with Crippen LogP contribution in [0.4, 0.5) is 4.79 Å². The zero-order valence-corrected chi connectivity index (χ0v) is 21.3. The van der Waals surface area contributed by atoms with Crippen molar-refractivity contribution >= 4 is 17.8 Å². The van der Waals surface area contributed by atoms with Gasteiger partial charge in [-0.25, -0.2) is 14.8 Å². The monoisotopic (exact) mass is 491 g/mol. The molecule has 4 amide bonds. The van der Waals surface area contributed by atoms with Crippen molar-refractivity contribution < 1.29 is 14.4 Å². The van der Waals surface area contributed by atoms with Crippen LogP contribution in [0.15, 0.2) is 60.7 Å². The Morgan fingerprint density at radius 1 is 0.972 bits per heavy atom. The number of nitrogens with one attached hydrogen (secondary N) is 1. The molecule has 2 aromatic carbocycles. The lowest BCUT2D eigenvalue weighted by atomic mass is 10.0. The summed E-state index contributed by atoms with van der Waals surface area (Å²) in [6.45, 7) is 5.88. The van der Waals surface area contributed by atoms with Gasteiger partial charge in [-0.05, 0) is 24.0 Å². The van der Waals surface area contributed by atoms with E-state index in [1.807, 2.05) is 60.4 Å². The second-order valence-electron chi connectivity index (χ2n) is 9.43. The molecule has 2 aliphatic rings. The zero-order chi connectivity index (χ0) is 25.5. The highest BCUT2D eigenvalue weighted by molar-refractivity contribution is 5.91. The number of carbonyl (C=O) groups is 3. The first-order valence-electron chi connectivity index (χ1n) is 13.0. The van der Waals surface area contributed by atoms with E-state index in [9.17, 15) is 14.4 Å². The molecule has 2 atom stereocenters. The third kappa shape index (κ3) is 5.70. The lowest BCUT2D eigenvalue weighted by Gasteiger charge is -2.55. The molecule has 0 saturated carbocycles. The Kier molecular flexibility index (Phi) is 8.59. The van der Waals surface area contributed by atoms with E-state index in [1.54, 1.807) is 14.9 Å². The first kappa shape index (κ1) is 25.7. The summed E-state index contributed by atoms with van der Waals surface area (Å²) >= 11 is 0. The van der Waals surface area contributed by atoms with E-state index < -0.39 is 12.2 Å². The van der Waals surface area contributed by atoms with E-state index in [2.05, 4.69) is 24.4 Å². The number of fused-ring (bicyclic) bond motifs is 1. The lowest BCUT2D eigenvalue weighted by molar-refractivity contribution is -0.190. The molecule has 0 bridgehead atoms. The fourth-order valence-electron chi connectivity index (χ4n) is 5.10. The van der Waals surface area contributed by atoms with Crippen molar-refractivity contribution in [2.24, 2.45) is 0 Å². The topological polar surface area (TPSA) is 76.2 Å². The van der Waals surface area contributed by atoms with E-state index in [0.29, 0.717) is 32.6 Å². The number of carbonyl (C=O) groups excluding carboxylic acids is 3. The number of benzene rings is 2. The smallest absolute Gasteiger partial charge is 0.334 e. The number of piperazine rings is 1. The predicted molar refractivity (Wildman–Crippen MR) is 138 cm³/mol. The molecule has 36 heavy (non-hydrogen) atoms. The van der Waals surface area contributed by atoms with Crippen LogP contribution in [0.1, 0.15) is 44.2 Å². The van der Waals surface area contributed by atoms with Gasteiger partial charge in [-0.3, -0.25) is 9.59 Å². The van der Waals surface area contributed by atoms with Gasteiger partial charge in [-0.15, -0.1) is 0 Å². The first-order chi connectivity index (χ1) is 17.5. The largest absolute Gasteiger partial charge is 0.337 e. The minimum absolute atomic E-state index is 0.0152. The van der Waals surface area contributed by atoms with Gasteiger partial charge in [0.15, 0.2) is 0 Å². The standard InChI is InChI=1S/C28H37N5O3/c1-3-5-16-24-27(35)30(18-17-22-12-8-6-9-13-22)20-25-32(24)26(34)21-31(4-2)33(25)28(36)29-19-23-14-10-7-11-15-23/h6-15,24-25H,3-5,16-21H2,1-2H3,(H,29,36)/t24-,25-/m0/s1. The van der Waals surface area contributed by atoms with Crippen molar-refractivity contribution in [2.75, 3.05) is 26.2 Å². The number of amides is 4. The van der Waals surface area contributed by atoms with Crippen molar-refractivity contribution in [2.45, 2.75) is 58.3 Å². The average molecular weight is 492 g/mol. The van der Waals surface area contributed by atoms with Crippen molar-refractivity contribution in [3.8, 4) is 0 Å². The van der Waals surface area contributed by atoms with Crippen LogP contribution >= 0.6 is 0 Å². The van der Waals surface area contributed by atoms with E-state index in [0.717, 1.165) is 30.4 Å². The van der Waals surface area contributed by atoms with Crippen LogP contribution < -0.4 is 5.32 Å². The number of hydrogen-bond donors (Lipinski definition) is 1. The summed E-state index contributed by atoms with van der Waals surface area (Å²) in [7, 11) is 0. The van der Waals surface area contributed by atoms with Crippen LogP contribution in [-0.4, -0.2) is 76.0 Å². The Hall–Kier alpha value is -3.39. The zero-order valence-electron chi connectivity index (χ0n) is 21.3. The molecular formula is C28H37N5O3. The van der Waals surface area contributed by atoms with Crippen LogP contribution in [0.3, 0.4) is 0 Å².